The molecule has 11 atom stereocenters. The highest BCUT2D eigenvalue weighted by molar-refractivity contribution is 7.61. The number of carbonyl (C=O) groups is 3. The van der Waals surface area contributed by atoms with E-state index in [0.717, 1.165) is 36.4 Å². The van der Waals surface area contributed by atoms with E-state index in [4.69, 9.17) is 29.0 Å². The molecule has 2 aliphatic heterocycles. The summed E-state index contributed by atoms with van der Waals surface area (Å²) in [5.74, 6) is -5.23. The molecule has 0 aromatic carbocycles. The summed E-state index contributed by atoms with van der Waals surface area (Å²) in [5, 5.41) is 45.5. The summed E-state index contributed by atoms with van der Waals surface area (Å²) in [7, 11) is -11.4. The fourth-order valence-electron chi connectivity index (χ4n) is 8.20. The molecule has 0 aliphatic carbocycles. The number of phosphoric ester groups is 2. The van der Waals surface area contributed by atoms with Crippen LogP contribution < -0.4 is 11.4 Å². The number of carbonyl (C=O) groups excluding carboxylic acids is 3. The van der Waals surface area contributed by atoms with Gasteiger partial charge in [-0.2, -0.15) is 9.29 Å². The van der Waals surface area contributed by atoms with Crippen LogP contribution in [0.15, 0.2) is 77.8 Å². The van der Waals surface area contributed by atoms with Gasteiger partial charge >= 0.3 is 33.3 Å². The highest BCUT2D eigenvalue weighted by Gasteiger charge is 2.45. The van der Waals surface area contributed by atoms with Crippen molar-refractivity contribution in [3.05, 3.63) is 83.5 Å². The third-order valence-electron chi connectivity index (χ3n) is 12.4. The highest BCUT2D eigenvalue weighted by atomic mass is 31.3. The lowest BCUT2D eigenvalue weighted by atomic mass is 9.83. The summed E-state index contributed by atoms with van der Waals surface area (Å²) in [6, 6.07) is 1.21. The number of rotatable bonds is 23. The lowest BCUT2D eigenvalue weighted by Crippen LogP contribution is -2.51. The second kappa shape index (κ2) is 36.2. The Kier molecular flexibility index (Phi) is 31.5. The first-order chi connectivity index (χ1) is 35.9. The van der Waals surface area contributed by atoms with Gasteiger partial charge in [0.25, 0.3) is 0 Å². The third-order valence-corrected chi connectivity index (χ3v) is 15.0. The number of ether oxygens (including phenoxy) is 3. The molecule has 424 valence electrons. The first-order valence-electron chi connectivity index (χ1n) is 26.4. The fraction of sp³-hybridized carbons (Fsp3) is 0.673. The van der Waals surface area contributed by atoms with Crippen LogP contribution in [0.25, 0.3) is 0 Å². The van der Waals surface area contributed by atoms with Crippen molar-refractivity contribution in [2.24, 2.45) is 11.8 Å². The summed E-state index contributed by atoms with van der Waals surface area (Å²) < 4.78 is 58.8. The molecule has 0 spiro atoms. The van der Waals surface area contributed by atoms with Crippen LogP contribution in [0.1, 0.15) is 155 Å². The van der Waals surface area contributed by atoms with Gasteiger partial charge in [0.05, 0.1) is 37.4 Å². The van der Waals surface area contributed by atoms with Crippen LogP contribution in [0.5, 0.6) is 0 Å². The van der Waals surface area contributed by atoms with E-state index in [-0.39, 0.29) is 37.9 Å². The number of hydrogen-bond acceptors (Lipinski definition) is 18. The van der Waals surface area contributed by atoms with Crippen LogP contribution in [0.4, 0.5) is 5.82 Å². The Balaban J connectivity index is 1.79. The number of nitrogens with two attached hydrogens (primary N) is 1. The molecule has 3 heterocycles. The number of aliphatic hydroxyl groups is 4. The molecule has 0 amide bonds. The molecule has 1 aromatic heterocycles. The fourth-order valence-corrected chi connectivity index (χ4v) is 10.3. The van der Waals surface area contributed by atoms with E-state index in [9.17, 15) is 58.5 Å². The average Bonchev–Trinajstić information content (AvgIpc) is 3.35. The molecule has 23 heteroatoms. The van der Waals surface area contributed by atoms with E-state index >= 15 is 0 Å². The Bertz CT molecular complexity index is 2170. The number of phosphoric acid groups is 2. The maximum Gasteiger partial charge on any atom is 0.481 e. The zero-order chi connectivity index (χ0) is 55.1. The average molecular weight is 1100 g/mol. The quantitative estimate of drug-likeness (QED) is 0.0239. The van der Waals surface area contributed by atoms with Crippen LogP contribution in [0.2, 0.25) is 0 Å². The standard InChI is InChI=1S/C52H83N3O18P2/c1-3-5-7-8-9-10-11-12-13-14-15-16-17-18-19-20-26-30-48(60)71-40-36-68-47(59)29-25-22-21-24-28-42-44(58)35-43(57)41(32-31-39(56)27-23-6-4-2)49(61)50(62)45(38-70-75(66,67)73-74(64,65)69-37-40)72-51(42)55-34-33-46(53)54-52(55)63/h12-13,15-16,18-19,21,24,31-34,39-43,45,49-51,56-57,61-62H,3-11,14,17,20,22-23,25-30,35-38H2,1-2H3,(H,64,65)(H,66,67)(H2,53,54,63)/b13-12-,16-15-,19-18-,24-21-,32-31+/t39-,40+,41-,42-,43+,45+,49-,50+,51+/m0/s1. The predicted molar refractivity (Wildman–Crippen MR) is 280 cm³/mol. The van der Waals surface area contributed by atoms with Crippen molar-refractivity contribution in [1.29, 1.82) is 0 Å². The number of Topliss-reactive ketones (excluding diaryl/α,β-unsaturated/α-hetero) is 1. The number of unbranched alkanes of at least 4 members (excludes halogenated alkanes) is 9. The van der Waals surface area contributed by atoms with Gasteiger partial charge in [0.1, 0.15) is 36.6 Å². The van der Waals surface area contributed by atoms with Gasteiger partial charge < -0.3 is 50.2 Å². The minimum atomic E-state index is -5.74. The number of aromatic nitrogens is 2. The van der Waals surface area contributed by atoms with Crippen molar-refractivity contribution in [3.63, 3.8) is 0 Å². The molecule has 1 aromatic rings. The van der Waals surface area contributed by atoms with Crippen LogP contribution in [-0.4, -0.2) is 114 Å². The van der Waals surface area contributed by atoms with Crippen molar-refractivity contribution < 1.29 is 81.3 Å². The summed E-state index contributed by atoms with van der Waals surface area (Å²) >= 11 is 0. The van der Waals surface area contributed by atoms with Crippen molar-refractivity contribution in [2.45, 2.75) is 192 Å². The number of anilines is 1. The number of aliphatic hydroxyl groups excluding tert-OH is 4. The summed E-state index contributed by atoms with van der Waals surface area (Å²) in [6.45, 7) is 1.37. The molecule has 1 saturated heterocycles. The van der Waals surface area contributed by atoms with Crippen LogP contribution in [0.3, 0.4) is 0 Å². The minimum absolute atomic E-state index is 0.0785. The number of esters is 2. The van der Waals surface area contributed by atoms with Crippen molar-refractivity contribution in [1.82, 2.24) is 9.55 Å². The normalized spacial score (nSPS) is 29.4. The van der Waals surface area contributed by atoms with E-state index < -0.39 is 120 Å². The molecule has 0 radical (unpaired) electrons. The zero-order valence-corrected chi connectivity index (χ0v) is 45.3. The van der Waals surface area contributed by atoms with E-state index in [2.05, 4.69) is 40.5 Å². The molecule has 0 saturated carbocycles. The second-order valence-electron chi connectivity index (χ2n) is 18.8. The molecule has 75 heavy (non-hydrogen) atoms. The number of nitrogens with zero attached hydrogens (tertiary/aromatic N) is 2. The van der Waals surface area contributed by atoms with Crippen LogP contribution in [0, 0.1) is 11.8 Å². The SMILES string of the molecule is CCCCCCCC/C=C\C/C=C\C/C=C\CCCC(=O)O[C@@H]1COC(=O)CCC/C=C\C[C@H]2C(=O)C[C@@H](O)[C@H](/C=C/[C@@H](O)CCCCC)[C@H](O)[C@H](O)[C@@H](COP(=O)(O)OP(=O)(O)OC1)O[C@H]2n1ccc(N)nc1=O. The van der Waals surface area contributed by atoms with Crippen LogP contribution >= 0.6 is 15.6 Å². The Morgan fingerprint density at radius 3 is 2.19 bits per heavy atom. The largest absolute Gasteiger partial charge is 0.481 e. The summed E-state index contributed by atoms with van der Waals surface area (Å²) in [5.41, 5.74) is 4.72. The van der Waals surface area contributed by atoms with Gasteiger partial charge in [-0.3, -0.25) is 28.0 Å². The van der Waals surface area contributed by atoms with E-state index in [1.54, 1.807) is 12.2 Å². The molecule has 3 rings (SSSR count). The highest BCUT2D eigenvalue weighted by Crippen LogP contribution is 2.60. The van der Waals surface area contributed by atoms with Gasteiger partial charge in [0, 0.05) is 31.4 Å². The molecule has 1 fully saturated rings. The summed E-state index contributed by atoms with van der Waals surface area (Å²) in [4.78, 5) is 78.4. The van der Waals surface area contributed by atoms with Crippen molar-refractivity contribution >= 4 is 39.2 Å². The molecule has 21 nitrogen and oxygen atoms in total. The van der Waals surface area contributed by atoms with Gasteiger partial charge in [-0.1, -0.05) is 126 Å². The number of allylic oxidation sites excluding steroid dienone is 8. The van der Waals surface area contributed by atoms with Crippen LogP contribution in [-0.2, 0) is 51.1 Å². The van der Waals surface area contributed by atoms with Gasteiger partial charge in [-0.25, -0.2) is 13.9 Å². The third kappa shape index (κ3) is 26.8. The van der Waals surface area contributed by atoms with E-state index in [1.165, 1.54) is 56.7 Å². The molecule has 8 N–H and O–H groups in total. The molecule has 2 unspecified atom stereocenters. The smallest absolute Gasteiger partial charge is 0.462 e. The van der Waals surface area contributed by atoms with Gasteiger partial charge in [-0.05, 0) is 70.3 Å². The molecule has 2 aliphatic rings. The molecule has 2 bridgehead atoms. The number of cyclic esters (lactones) is 1. The minimum Gasteiger partial charge on any atom is -0.462 e. The Hall–Kier alpha value is -3.95. The zero-order valence-electron chi connectivity index (χ0n) is 43.5. The van der Waals surface area contributed by atoms with E-state index in [1.807, 2.05) is 19.1 Å². The second-order valence-corrected chi connectivity index (χ2v) is 21.8. The number of hydrogen-bond donors (Lipinski definition) is 7. The summed E-state index contributed by atoms with van der Waals surface area (Å²) in [6.07, 6.45) is 20.5. The van der Waals surface area contributed by atoms with Crippen molar-refractivity contribution in [2.75, 3.05) is 25.6 Å². The Labute approximate surface area is 441 Å². The topological polar surface area (TPSA) is 323 Å². The van der Waals surface area contributed by atoms with Gasteiger partial charge in [0.15, 0.2) is 6.10 Å². The first-order valence-corrected chi connectivity index (χ1v) is 29.4. The monoisotopic (exact) mass is 1100 g/mol. The van der Waals surface area contributed by atoms with Crippen molar-refractivity contribution in [3.8, 4) is 0 Å². The number of nitrogen functional groups attached to an aromatic ring is 1. The van der Waals surface area contributed by atoms with E-state index in [0.29, 0.717) is 32.1 Å². The number of fused-ring (bicyclic) bond motifs is 3. The maximum atomic E-state index is 14.3. The maximum absolute atomic E-state index is 14.3. The van der Waals surface area contributed by atoms with Gasteiger partial charge in [0.2, 0.25) is 0 Å². The molecular formula is C52H83N3O18P2. The number of ketones is 1. The Morgan fingerprint density at radius 1 is 0.853 bits per heavy atom. The lowest BCUT2D eigenvalue weighted by molar-refractivity contribution is -0.183. The lowest BCUT2D eigenvalue weighted by Gasteiger charge is -2.38. The first kappa shape index (κ1) is 65.3. The Morgan fingerprint density at radius 2 is 1.49 bits per heavy atom. The predicted octanol–water partition coefficient (Wildman–Crippen LogP) is 7.70. The van der Waals surface area contributed by atoms with Gasteiger partial charge in [-0.15, -0.1) is 0 Å². The molecular weight excluding hydrogens is 1020 g/mol.